The van der Waals surface area contributed by atoms with Gasteiger partial charge in [0.15, 0.2) is 0 Å². The van der Waals surface area contributed by atoms with Crippen LogP contribution in [0.4, 0.5) is 0 Å². The van der Waals surface area contributed by atoms with Gasteiger partial charge in [0.1, 0.15) is 27.9 Å². The molecule has 36 heavy (non-hydrogen) atoms. The van der Waals surface area contributed by atoms with Gasteiger partial charge in [-0.3, -0.25) is 9.20 Å². The molecule has 2 aromatic heterocycles. The highest BCUT2D eigenvalue weighted by Gasteiger charge is 2.24. The molecule has 2 aromatic carbocycles. The number of pyridine rings is 1. The van der Waals surface area contributed by atoms with Crippen LogP contribution in [0.2, 0.25) is 5.02 Å². The molecule has 0 bridgehead atoms. The molecule has 0 saturated heterocycles. The van der Waals surface area contributed by atoms with E-state index in [1.165, 1.54) is 34.9 Å². The molecule has 182 valence electrons. The molecule has 0 atom stereocenters. The zero-order chi connectivity index (χ0) is 26.0. The van der Waals surface area contributed by atoms with Gasteiger partial charge in [-0.2, -0.15) is 10.2 Å². The summed E-state index contributed by atoms with van der Waals surface area (Å²) in [7, 11) is -4.24. The van der Waals surface area contributed by atoms with Crippen molar-refractivity contribution in [1.82, 2.24) is 9.38 Å². The number of aromatic nitrogens is 2. The van der Waals surface area contributed by atoms with Crippen molar-refractivity contribution in [3.8, 4) is 17.7 Å². The highest BCUT2D eigenvalue weighted by atomic mass is 35.5. The van der Waals surface area contributed by atoms with E-state index in [1.807, 2.05) is 39.0 Å². The fourth-order valence-electron chi connectivity index (χ4n) is 3.64. The Hall–Kier alpha value is -3.93. The predicted octanol–water partition coefficient (Wildman–Crippen LogP) is 5.91. The SMILES string of the molecule is Cc1ccc(C(C)C)c(Oc2nc3ccccn3c(=O)c2C=C(C#N)S(=O)(=O)c2ccc(Cl)cc2)c1. The summed E-state index contributed by atoms with van der Waals surface area (Å²) < 4.78 is 33.8. The Morgan fingerprint density at radius 2 is 1.86 bits per heavy atom. The molecule has 0 saturated carbocycles. The summed E-state index contributed by atoms with van der Waals surface area (Å²) >= 11 is 5.88. The van der Waals surface area contributed by atoms with Crippen molar-refractivity contribution in [2.24, 2.45) is 0 Å². The molecule has 0 unspecified atom stereocenters. The highest BCUT2D eigenvalue weighted by Crippen LogP contribution is 2.33. The summed E-state index contributed by atoms with van der Waals surface area (Å²) in [4.78, 5) is 17.2. The van der Waals surface area contributed by atoms with Crippen molar-refractivity contribution in [3.63, 3.8) is 0 Å². The van der Waals surface area contributed by atoms with Crippen LogP contribution in [0.15, 0.2) is 81.5 Å². The number of rotatable bonds is 6. The van der Waals surface area contributed by atoms with Crippen LogP contribution in [-0.4, -0.2) is 17.8 Å². The number of allylic oxidation sites excluding steroid dienone is 1. The van der Waals surface area contributed by atoms with E-state index in [-0.39, 0.29) is 22.3 Å². The van der Waals surface area contributed by atoms with Gasteiger partial charge in [-0.15, -0.1) is 0 Å². The summed E-state index contributed by atoms with van der Waals surface area (Å²) in [6, 6.07) is 17.9. The van der Waals surface area contributed by atoms with Gasteiger partial charge in [0, 0.05) is 11.2 Å². The molecule has 0 amide bonds. The average Bonchev–Trinajstić information content (AvgIpc) is 2.84. The topological polar surface area (TPSA) is 102 Å². The molecule has 0 aliphatic rings. The molecule has 0 N–H and O–H groups in total. The third-order valence-corrected chi connectivity index (χ3v) is 7.46. The van der Waals surface area contributed by atoms with Gasteiger partial charge in [0.25, 0.3) is 5.56 Å². The number of hydrogen-bond acceptors (Lipinski definition) is 6. The van der Waals surface area contributed by atoms with E-state index in [0.29, 0.717) is 16.4 Å². The predicted molar refractivity (Wildman–Crippen MR) is 139 cm³/mol. The number of ether oxygens (including phenoxy) is 1. The molecular formula is C27H22ClN3O4S. The standard InChI is InChI=1S/C27H22ClN3O4S/c1-17(2)22-12-7-18(3)14-24(22)35-26-23(27(32)31-13-5-4-6-25(31)30-26)15-21(16-29)36(33,34)20-10-8-19(28)9-11-20/h4-15,17H,1-3H3. The summed E-state index contributed by atoms with van der Waals surface area (Å²) in [6.45, 7) is 5.92. The summed E-state index contributed by atoms with van der Waals surface area (Å²) in [6.07, 6.45) is 2.52. The minimum atomic E-state index is -4.24. The third kappa shape index (κ3) is 4.89. The number of benzene rings is 2. The van der Waals surface area contributed by atoms with Crippen molar-refractivity contribution in [3.05, 3.63) is 104 Å². The lowest BCUT2D eigenvalue weighted by molar-refractivity contribution is 0.452. The highest BCUT2D eigenvalue weighted by molar-refractivity contribution is 7.95. The van der Waals surface area contributed by atoms with E-state index >= 15 is 0 Å². The zero-order valence-electron chi connectivity index (χ0n) is 19.8. The maximum Gasteiger partial charge on any atom is 0.269 e. The molecule has 9 heteroatoms. The normalized spacial score (nSPS) is 12.1. The van der Waals surface area contributed by atoms with E-state index in [4.69, 9.17) is 16.3 Å². The molecule has 7 nitrogen and oxygen atoms in total. The van der Waals surface area contributed by atoms with Crippen LogP contribution in [-0.2, 0) is 9.84 Å². The summed E-state index contributed by atoms with van der Waals surface area (Å²) in [5.41, 5.74) is 1.40. The fraction of sp³-hybridized carbons (Fsp3) is 0.148. The van der Waals surface area contributed by atoms with Gasteiger partial charge >= 0.3 is 0 Å². The second-order valence-electron chi connectivity index (χ2n) is 8.44. The Kier molecular flexibility index (Phi) is 6.97. The Morgan fingerprint density at radius 3 is 2.53 bits per heavy atom. The maximum atomic E-state index is 13.5. The number of fused-ring (bicyclic) bond motifs is 1. The third-order valence-electron chi connectivity index (χ3n) is 5.53. The van der Waals surface area contributed by atoms with Crippen molar-refractivity contribution in [2.75, 3.05) is 0 Å². The number of aryl methyl sites for hydroxylation is 1. The van der Waals surface area contributed by atoms with Gasteiger partial charge in [-0.05, 0) is 72.5 Å². The van der Waals surface area contributed by atoms with Crippen LogP contribution < -0.4 is 10.3 Å². The zero-order valence-corrected chi connectivity index (χ0v) is 21.3. The van der Waals surface area contributed by atoms with Gasteiger partial charge < -0.3 is 4.74 Å². The Bertz CT molecular complexity index is 1700. The van der Waals surface area contributed by atoms with Crippen molar-refractivity contribution < 1.29 is 13.2 Å². The average molecular weight is 520 g/mol. The smallest absolute Gasteiger partial charge is 0.269 e. The monoisotopic (exact) mass is 519 g/mol. The first-order chi connectivity index (χ1) is 17.1. The minimum Gasteiger partial charge on any atom is -0.438 e. The van der Waals surface area contributed by atoms with Gasteiger partial charge in [0.05, 0.1) is 4.90 Å². The van der Waals surface area contributed by atoms with Crippen LogP contribution >= 0.6 is 11.6 Å². The fourth-order valence-corrected chi connectivity index (χ4v) is 4.90. The summed E-state index contributed by atoms with van der Waals surface area (Å²) in [5.74, 6) is 0.504. The lowest BCUT2D eigenvalue weighted by Gasteiger charge is -2.16. The number of nitrogens with zero attached hydrogens (tertiary/aromatic N) is 3. The van der Waals surface area contributed by atoms with E-state index in [1.54, 1.807) is 24.3 Å². The number of hydrogen-bond donors (Lipinski definition) is 0. The van der Waals surface area contributed by atoms with Crippen LogP contribution in [0.5, 0.6) is 11.6 Å². The van der Waals surface area contributed by atoms with E-state index < -0.39 is 20.3 Å². The van der Waals surface area contributed by atoms with Crippen molar-refractivity contribution >= 4 is 33.2 Å². The first-order valence-corrected chi connectivity index (χ1v) is 12.9. The molecule has 0 aliphatic carbocycles. The lowest BCUT2D eigenvalue weighted by Crippen LogP contribution is -2.19. The van der Waals surface area contributed by atoms with Crippen molar-refractivity contribution in [1.29, 1.82) is 5.26 Å². The van der Waals surface area contributed by atoms with E-state index in [2.05, 4.69) is 4.98 Å². The molecule has 4 rings (SSSR count). The maximum absolute atomic E-state index is 13.5. The van der Waals surface area contributed by atoms with Crippen LogP contribution in [0.25, 0.3) is 11.7 Å². The summed E-state index contributed by atoms with van der Waals surface area (Å²) in [5, 5.41) is 10.1. The molecule has 0 fully saturated rings. The molecular weight excluding hydrogens is 498 g/mol. The molecule has 0 radical (unpaired) electrons. The second kappa shape index (κ2) is 9.97. The van der Waals surface area contributed by atoms with Crippen LogP contribution in [0.3, 0.4) is 0 Å². The van der Waals surface area contributed by atoms with Gasteiger partial charge in [-0.1, -0.05) is 43.6 Å². The Labute approximate surface area is 213 Å². The largest absolute Gasteiger partial charge is 0.438 e. The molecule has 2 heterocycles. The first kappa shape index (κ1) is 25.2. The van der Waals surface area contributed by atoms with Crippen LogP contribution in [0, 0.1) is 18.3 Å². The number of sulfone groups is 1. The van der Waals surface area contributed by atoms with E-state index in [0.717, 1.165) is 17.2 Å². The second-order valence-corrected chi connectivity index (χ2v) is 10.8. The first-order valence-electron chi connectivity index (χ1n) is 11.0. The molecule has 0 aliphatic heterocycles. The molecule has 0 spiro atoms. The van der Waals surface area contributed by atoms with Gasteiger partial charge in [-0.25, -0.2) is 8.42 Å². The Balaban J connectivity index is 1.96. The van der Waals surface area contributed by atoms with Crippen molar-refractivity contribution in [2.45, 2.75) is 31.6 Å². The quantitative estimate of drug-likeness (QED) is 0.293. The van der Waals surface area contributed by atoms with Crippen LogP contribution in [0.1, 0.15) is 36.5 Å². The van der Waals surface area contributed by atoms with E-state index in [9.17, 15) is 18.5 Å². The minimum absolute atomic E-state index is 0.0993. The lowest BCUT2D eigenvalue weighted by atomic mass is 10.0. The number of halogens is 1. The number of nitriles is 1. The van der Waals surface area contributed by atoms with Gasteiger partial charge in [0.2, 0.25) is 15.7 Å². The molecule has 4 aromatic rings. The Morgan fingerprint density at radius 1 is 1.14 bits per heavy atom.